The standard InChI is InChI=1S/C22H28FN3O2/c1-17(2)28-21-10-6-5-9-20(21)24-22(27)26-15-13-25(14-16-26)12-11-18-7-3-4-8-19(18)23/h3-10,17H,11-16H2,1-2H3,(H,24,27). The second-order valence-corrected chi connectivity index (χ2v) is 7.26. The van der Waals surface area contributed by atoms with Gasteiger partial charge in [-0.3, -0.25) is 4.90 Å². The molecule has 0 bridgehead atoms. The molecule has 1 N–H and O–H groups in total. The fourth-order valence-electron chi connectivity index (χ4n) is 3.28. The third kappa shape index (κ3) is 5.45. The highest BCUT2D eigenvalue weighted by molar-refractivity contribution is 5.91. The number of nitrogens with zero attached hydrogens (tertiary/aromatic N) is 2. The first kappa shape index (κ1) is 20.1. The summed E-state index contributed by atoms with van der Waals surface area (Å²) >= 11 is 0. The van der Waals surface area contributed by atoms with Crippen molar-refractivity contribution in [2.45, 2.75) is 26.4 Å². The number of carbonyl (C=O) groups excluding carboxylic acids is 1. The first-order chi connectivity index (χ1) is 13.5. The minimum atomic E-state index is -0.150. The van der Waals surface area contributed by atoms with Gasteiger partial charge < -0.3 is 15.0 Å². The number of para-hydroxylation sites is 2. The van der Waals surface area contributed by atoms with Crippen molar-refractivity contribution in [1.82, 2.24) is 9.80 Å². The van der Waals surface area contributed by atoms with Crippen LogP contribution in [0.1, 0.15) is 19.4 Å². The molecular formula is C22H28FN3O2. The SMILES string of the molecule is CC(C)Oc1ccccc1NC(=O)N1CCN(CCc2ccccc2F)CC1. The Morgan fingerprint density at radius 3 is 2.46 bits per heavy atom. The van der Waals surface area contributed by atoms with Crippen LogP contribution in [0.2, 0.25) is 0 Å². The molecule has 1 saturated heterocycles. The van der Waals surface area contributed by atoms with Crippen LogP contribution in [0.15, 0.2) is 48.5 Å². The maximum atomic E-state index is 13.7. The molecule has 0 spiro atoms. The van der Waals surface area contributed by atoms with Crippen molar-refractivity contribution in [2.75, 3.05) is 38.0 Å². The summed E-state index contributed by atoms with van der Waals surface area (Å²) in [6.07, 6.45) is 0.717. The highest BCUT2D eigenvalue weighted by atomic mass is 19.1. The van der Waals surface area contributed by atoms with E-state index in [0.717, 1.165) is 25.2 Å². The highest BCUT2D eigenvalue weighted by Crippen LogP contribution is 2.25. The summed E-state index contributed by atoms with van der Waals surface area (Å²) in [5.41, 5.74) is 1.42. The van der Waals surface area contributed by atoms with Crippen LogP contribution in [0.5, 0.6) is 5.75 Å². The topological polar surface area (TPSA) is 44.8 Å². The third-order valence-electron chi connectivity index (χ3n) is 4.81. The van der Waals surface area contributed by atoms with E-state index >= 15 is 0 Å². The molecule has 0 unspecified atom stereocenters. The van der Waals surface area contributed by atoms with Gasteiger partial charge in [0.05, 0.1) is 11.8 Å². The third-order valence-corrected chi connectivity index (χ3v) is 4.81. The molecule has 0 atom stereocenters. The zero-order valence-corrected chi connectivity index (χ0v) is 16.5. The summed E-state index contributed by atoms with van der Waals surface area (Å²) < 4.78 is 19.5. The smallest absolute Gasteiger partial charge is 0.322 e. The lowest BCUT2D eigenvalue weighted by Gasteiger charge is -2.34. The van der Waals surface area contributed by atoms with Crippen molar-refractivity contribution in [3.8, 4) is 5.75 Å². The number of piperazine rings is 1. The van der Waals surface area contributed by atoms with Crippen LogP contribution in [0.3, 0.4) is 0 Å². The molecule has 28 heavy (non-hydrogen) atoms. The van der Waals surface area contributed by atoms with Gasteiger partial charge in [0.15, 0.2) is 0 Å². The number of rotatable bonds is 6. The van der Waals surface area contributed by atoms with Gasteiger partial charge in [0.25, 0.3) is 0 Å². The number of urea groups is 1. The van der Waals surface area contributed by atoms with Gasteiger partial charge in [-0.25, -0.2) is 9.18 Å². The summed E-state index contributed by atoms with van der Waals surface area (Å²) in [6, 6.07) is 14.3. The first-order valence-electron chi connectivity index (χ1n) is 9.80. The molecule has 1 heterocycles. The van der Waals surface area contributed by atoms with Gasteiger partial charge in [-0.1, -0.05) is 30.3 Å². The zero-order chi connectivity index (χ0) is 19.9. The van der Waals surface area contributed by atoms with E-state index in [1.165, 1.54) is 6.07 Å². The van der Waals surface area contributed by atoms with Crippen molar-refractivity contribution in [1.29, 1.82) is 0 Å². The number of hydrogen-bond acceptors (Lipinski definition) is 3. The van der Waals surface area contributed by atoms with Gasteiger partial charge in [-0.05, 0) is 44.0 Å². The first-order valence-corrected chi connectivity index (χ1v) is 9.80. The predicted molar refractivity (Wildman–Crippen MR) is 109 cm³/mol. The van der Waals surface area contributed by atoms with Gasteiger partial charge in [0, 0.05) is 32.7 Å². The van der Waals surface area contributed by atoms with Gasteiger partial charge in [-0.15, -0.1) is 0 Å². The number of hydrogen-bond donors (Lipinski definition) is 1. The van der Waals surface area contributed by atoms with Gasteiger partial charge in [0.2, 0.25) is 0 Å². The summed E-state index contributed by atoms with van der Waals surface area (Å²) in [5.74, 6) is 0.525. The lowest BCUT2D eigenvalue weighted by Crippen LogP contribution is -2.50. The van der Waals surface area contributed by atoms with Crippen molar-refractivity contribution >= 4 is 11.7 Å². The van der Waals surface area contributed by atoms with Gasteiger partial charge in [0.1, 0.15) is 11.6 Å². The molecule has 3 rings (SSSR count). The number of nitrogens with one attached hydrogen (secondary N) is 1. The maximum Gasteiger partial charge on any atom is 0.322 e. The molecule has 0 aliphatic carbocycles. The highest BCUT2D eigenvalue weighted by Gasteiger charge is 2.22. The second-order valence-electron chi connectivity index (χ2n) is 7.26. The molecular weight excluding hydrogens is 357 g/mol. The molecule has 5 nitrogen and oxygen atoms in total. The fraction of sp³-hybridized carbons (Fsp3) is 0.409. The summed E-state index contributed by atoms with van der Waals surface area (Å²) in [4.78, 5) is 16.7. The average molecular weight is 385 g/mol. The molecule has 150 valence electrons. The summed E-state index contributed by atoms with van der Waals surface area (Å²) in [6.45, 7) is 7.57. The molecule has 0 radical (unpaired) electrons. The average Bonchev–Trinajstić information content (AvgIpc) is 2.69. The van der Waals surface area contributed by atoms with Crippen LogP contribution >= 0.6 is 0 Å². The van der Waals surface area contributed by atoms with E-state index in [4.69, 9.17) is 4.74 Å². The summed E-state index contributed by atoms with van der Waals surface area (Å²) in [5, 5.41) is 2.96. The van der Waals surface area contributed by atoms with Crippen LogP contribution in [0, 0.1) is 5.82 Å². The predicted octanol–water partition coefficient (Wildman–Crippen LogP) is 4.01. The molecule has 0 saturated carbocycles. The Labute approximate surface area is 166 Å². The summed E-state index contributed by atoms with van der Waals surface area (Å²) in [7, 11) is 0. The minimum Gasteiger partial charge on any atom is -0.489 e. The van der Waals surface area contributed by atoms with Crippen molar-refractivity contribution in [2.24, 2.45) is 0 Å². The van der Waals surface area contributed by atoms with Crippen LogP contribution < -0.4 is 10.1 Å². The zero-order valence-electron chi connectivity index (χ0n) is 16.5. The van der Waals surface area contributed by atoms with Crippen molar-refractivity contribution < 1.29 is 13.9 Å². The van der Waals surface area contributed by atoms with Crippen LogP contribution in [0.4, 0.5) is 14.9 Å². The quantitative estimate of drug-likeness (QED) is 0.817. The van der Waals surface area contributed by atoms with Crippen LogP contribution in [-0.4, -0.2) is 54.7 Å². The Balaban J connectivity index is 1.48. The largest absolute Gasteiger partial charge is 0.489 e. The van der Waals surface area contributed by atoms with Crippen LogP contribution in [-0.2, 0) is 6.42 Å². The molecule has 6 heteroatoms. The van der Waals surface area contributed by atoms with E-state index < -0.39 is 0 Å². The Kier molecular flexibility index (Phi) is 6.87. The second kappa shape index (κ2) is 9.55. The van der Waals surface area contributed by atoms with Crippen molar-refractivity contribution in [3.05, 3.63) is 59.9 Å². The van der Waals surface area contributed by atoms with E-state index in [-0.39, 0.29) is 18.0 Å². The molecule has 1 aliphatic heterocycles. The minimum absolute atomic E-state index is 0.0380. The number of ether oxygens (including phenoxy) is 1. The number of benzene rings is 2. The van der Waals surface area contributed by atoms with E-state index in [9.17, 15) is 9.18 Å². The Hall–Kier alpha value is -2.60. The number of carbonyl (C=O) groups is 1. The lowest BCUT2D eigenvalue weighted by atomic mass is 10.1. The van der Waals surface area contributed by atoms with E-state index in [1.807, 2.05) is 55.1 Å². The molecule has 2 aromatic carbocycles. The molecule has 2 aromatic rings. The number of anilines is 1. The molecule has 1 fully saturated rings. The van der Waals surface area contributed by atoms with Crippen molar-refractivity contribution in [3.63, 3.8) is 0 Å². The Morgan fingerprint density at radius 1 is 1.07 bits per heavy atom. The Morgan fingerprint density at radius 2 is 1.75 bits per heavy atom. The molecule has 0 aromatic heterocycles. The Bertz CT molecular complexity index is 789. The van der Waals surface area contributed by atoms with Gasteiger partial charge >= 0.3 is 6.03 Å². The monoisotopic (exact) mass is 385 g/mol. The maximum absolute atomic E-state index is 13.7. The molecule has 2 amide bonds. The van der Waals surface area contributed by atoms with Crippen LogP contribution in [0.25, 0.3) is 0 Å². The van der Waals surface area contributed by atoms with Gasteiger partial charge in [-0.2, -0.15) is 0 Å². The normalized spacial score (nSPS) is 14.9. The van der Waals surface area contributed by atoms with E-state index in [1.54, 1.807) is 6.07 Å². The molecule has 1 aliphatic rings. The number of amides is 2. The fourth-order valence-corrected chi connectivity index (χ4v) is 3.28. The van der Waals surface area contributed by atoms with E-state index in [0.29, 0.717) is 30.9 Å². The number of halogens is 1. The van der Waals surface area contributed by atoms with E-state index in [2.05, 4.69) is 10.2 Å². The lowest BCUT2D eigenvalue weighted by molar-refractivity contribution is 0.148.